The van der Waals surface area contributed by atoms with Gasteiger partial charge in [-0.25, -0.2) is 0 Å². The van der Waals surface area contributed by atoms with Crippen LogP contribution < -0.4 is 5.32 Å². The second kappa shape index (κ2) is 22.8. The maximum atomic E-state index is 11.3. The van der Waals surface area contributed by atoms with E-state index in [2.05, 4.69) is 5.32 Å². The molecule has 20 N–H and O–H groups in total. The van der Waals surface area contributed by atoms with E-state index in [1.165, 1.54) is 13.0 Å². The van der Waals surface area contributed by atoms with Crippen LogP contribution in [0.2, 0.25) is 0 Å². The van der Waals surface area contributed by atoms with Crippen molar-refractivity contribution in [1.29, 1.82) is 0 Å². The molecule has 29 atom stereocenters. The second-order valence-corrected chi connectivity index (χ2v) is 17.0. The largest absolute Gasteiger partial charge is 0.394 e. The minimum absolute atomic E-state index is 0.134. The van der Waals surface area contributed by atoms with Gasteiger partial charge in [-0.15, -0.1) is 0 Å². The molecule has 0 aromatic rings. The number of rotatable bonds is 15. The fraction of sp³-hybridized carbons (Fsp3) is 0.946. The van der Waals surface area contributed by atoms with Crippen molar-refractivity contribution in [2.24, 2.45) is 0 Å². The molecule has 29 unspecified atom stereocenters. The van der Waals surface area contributed by atoms with Gasteiger partial charge in [0.15, 0.2) is 31.5 Å². The van der Waals surface area contributed by atoms with Crippen molar-refractivity contribution in [3.63, 3.8) is 0 Å². The van der Waals surface area contributed by atoms with Crippen molar-refractivity contribution in [3.8, 4) is 0 Å². The van der Waals surface area contributed by atoms with E-state index in [9.17, 15) is 97.0 Å². The highest BCUT2D eigenvalue weighted by atomic mass is 16.8. The lowest BCUT2D eigenvalue weighted by Crippen LogP contribution is -2.68. The molecule has 5 aliphatic heterocycles. The highest BCUT2D eigenvalue weighted by Gasteiger charge is 2.55. The van der Waals surface area contributed by atoms with Gasteiger partial charge in [-0.05, 0) is 12.5 Å². The van der Waals surface area contributed by atoms with Gasteiger partial charge in [-0.1, -0.05) is 6.08 Å². The third-order valence-electron chi connectivity index (χ3n) is 12.7. The first-order chi connectivity index (χ1) is 31.2. The first-order valence-corrected chi connectivity index (χ1v) is 21.2. The molecule has 29 heteroatoms. The molecule has 66 heavy (non-hydrogen) atoms. The molecule has 0 bridgehead atoms. The van der Waals surface area contributed by atoms with Gasteiger partial charge in [0.2, 0.25) is 0 Å². The van der Waals surface area contributed by atoms with E-state index in [-0.39, 0.29) is 5.57 Å². The first kappa shape index (κ1) is 53.9. The lowest BCUT2D eigenvalue weighted by Gasteiger charge is -2.49. The smallest absolute Gasteiger partial charge is 0.187 e. The third kappa shape index (κ3) is 10.7. The number of hydrogen-bond acceptors (Lipinski definition) is 29. The van der Waals surface area contributed by atoms with Crippen molar-refractivity contribution >= 4 is 0 Å². The molecule has 0 saturated carbocycles. The normalized spacial score (nSPS) is 52.8. The quantitative estimate of drug-likeness (QED) is 0.0678. The SMILES string of the molecule is CC1OC(OC2C(CO)OC(OC3C(CO)OC(O)C(O)C3O)C(O)C2O)C(O)C(O)C1NC1C=C(CO)C(OC2OC(CO)C(OC3OC(CO)C(O)C(O)C3O)C(O)C2O)C(O)C1O. The van der Waals surface area contributed by atoms with Crippen LogP contribution in [0, 0.1) is 0 Å². The predicted molar refractivity (Wildman–Crippen MR) is 203 cm³/mol. The zero-order chi connectivity index (χ0) is 48.6. The van der Waals surface area contributed by atoms with E-state index in [1.54, 1.807) is 0 Å². The summed E-state index contributed by atoms with van der Waals surface area (Å²) in [6, 6.07) is -2.61. The van der Waals surface area contributed by atoms with Crippen LogP contribution in [0.3, 0.4) is 0 Å². The Kier molecular flexibility index (Phi) is 18.6. The summed E-state index contributed by atoms with van der Waals surface area (Å²) in [5.74, 6) is 0. The molecule has 5 heterocycles. The van der Waals surface area contributed by atoms with Crippen LogP contribution in [0.1, 0.15) is 6.92 Å². The molecule has 0 aromatic carbocycles. The molecule has 0 amide bonds. The lowest BCUT2D eigenvalue weighted by molar-refractivity contribution is -0.374. The molecule has 384 valence electrons. The van der Waals surface area contributed by atoms with Gasteiger partial charge in [0.1, 0.15) is 128 Å². The predicted octanol–water partition coefficient (Wildman–Crippen LogP) is -12.9. The van der Waals surface area contributed by atoms with Crippen LogP contribution in [0.5, 0.6) is 0 Å². The van der Waals surface area contributed by atoms with Gasteiger partial charge in [0.25, 0.3) is 0 Å². The van der Waals surface area contributed by atoms with Gasteiger partial charge in [0.05, 0.1) is 51.2 Å². The van der Waals surface area contributed by atoms with Gasteiger partial charge >= 0.3 is 0 Å². The van der Waals surface area contributed by atoms with Crippen molar-refractivity contribution in [2.75, 3.05) is 33.0 Å². The average Bonchev–Trinajstić information content (AvgIpc) is 3.30. The Morgan fingerprint density at radius 1 is 0.424 bits per heavy atom. The van der Waals surface area contributed by atoms with Crippen molar-refractivity contribution < 1.29 is 140 Å². The molecular weight excluding hydrogens is 906 g/mol. The van der Waals surface area contributed by atoms with Crippen LogP contribution in [-0.4, -0.2) is 308 Å². The second-order valence-electron chi connectivity index (χ2n) is 17.0. The summed E-state index contributed by atoms with van der Waals surface area (Å²) in [6.45, 7) is -2.91. The molecule has 5 saturated heterocycles. The summed E-state index contributed by atoms with van der Waals surface area (Å²) in [4.78, 5) is 0. The van der Waals surface area contributed by atoms with Crippen molar-refractivity contribution in [3.05, 3.63) is 11.6 Å². The number of aliphatic hydroxyl groups is 19. The zero-order valence-electron chi connectivity index (χ0n) is 35.0. The summed E-state index contributed by atoms with van der Waals surface area (Å²) in [5, 5.41) is 202. The molecule has 0 radical (unpaired) electrons. The van der Waals surface area contributed by atoms with E-state index in [1.807, 2.05) is 0 Å². The van der Waals surface area contributed by atoms with Crippen LogP contribution >= 0.6 is 0 Å². The Morgan fingerprint density at radius 3 is 1.32 bits per heavy atom. The van der Waals surface area contributed by atoms with E-state index >= 15 is 0 Å². The maximum absolute atomic E-state index is 11.3. The van der Waals surface area contributed by atoms with Crippen molar-refractivity contribution in [2.45, 2.75) is 185 Å². The Balaban J connectivity index is 1.07. The van der Waals surface area contributed by atoms with E-state index in [4.69, 9.17) is 42.6 Å². The lowest BCUT2D eigenvalue weighted by atomic mass is 9.86. The topological polar surface area (TPSA) is 479 Å². The Morgan fingerprint density at radius 2 is 0.833 bits per heavy atom. The number of hydrogen-bond donors (Lipinski definition) is 20. The summed E-state index contributed by atoms with van der Waals surface area (Å²) in [7, 11) is 0. The summed E-state index contributed by atoms with van der Waals surface area (Å²) in [5.41, 5.74) is -0.134. The Bertz CT molecular complexity index is 1550. The molecule has 0 spiro atoms. The monoisotopic (exact) mass is 969 g/mol. The highest BCUT2D eigenvalue weighted by Crippen LogP contribution is 2.35. The van der Waals surface area contributed by atoms with Crippen LogP contribution in [0.15, 0.2) is 11.6 Å². The summed E-state index contributed by atoms with van der Waals surface area (Å²) >= 11 is 0. The van der Waals surface area contributed by atoms with E-state index in [0.29, 0.717) is 0 Å². The molecule has 29 nitrogen and oxygen atoms in total. The van der Waals surface area contributed by atoms with E-state index < -0.39 is 211 Å². The minimum atomic E-state index is -2.04. The van der Waals surface area contributed by atoms with Crippen molar-refractivity contribution in [1.82, 2.24) is 5.32 Å². The summed E-state index contributed by atoms with van der Waals surface area (Å²) in [6.07, 6.45) is -46.7. The van der Waals surface area contributed by atoms with Gasteiger partial charge in [-0.3, -0.25) is 0 Å². The molecule has 0 aromatic heterocycles. The highest BCUT2D eigenvalue weighted by molar-refractivity contribution is 5.23. The van der Waals surface area contributed by atoms with Gasteiger partial charge in [0, 0.05) is 0 Å². The molecule has 1 aliphatic carbocycles. The minimum Gasteiger partial charge on any atom is -0.394 e. The third-order valence-corrected chi connectivity index (χ3v) is 12.7. The zero-order valence-corrected chi connectivity index (χ0v) is 35.0. The Hall–Kier alpha value is -1.42. The maximum Gasteiger partial charge on any atom is 0.187 e. The standard InChI is InChI=1S/C37H63NO28/c1-8-15(18(46)25(53)34(58-8)64-31-13(6-42)62-37(28(56)23(31)51)65-30-12(5-41)59-33(57)24(52)21(30)49)38-10-2-9(3-39)29(20(48)16(10)44)63-36-27(55)22(50)32(14(7-43)61-36)66-35-26(54)19(47)17(45)11(4-40)60-35/h2,8,10-57H,3-7H2,1H3. The molecule has 6 rings (SSSR count). The molecule has 5 fully saturated rings. The van der Waals surface area contributed by atoms with E-state index in [0.717, 1.165) is 0 Å². The number of nitrogens with one attached hydrogen (secondary N) is 1. The fourth-order valence-corrected chi connectivity index (χ4v) is 8.78. The fourth-order valence-electron chi connectivity index (χ4n) is 8.78. The summed E-state index contributed by atoms with van der Waals surface area (Å²) < 4.78 is 49.8. The van der Waals surface area contributed by atoms with Gasteiger partial charge in [-0.2, -0.15) is 0 Å². The van der Waals surface area contributed by atoms with Crippen LogP contribution in [0.25, 0.3) is 0 Å². The number of ether oxygens (including phenoxy) is 9. The van der Waals surface area contributed by atoms with Crippen LogP contribution in [0.4, 0.5) is 0 Å². The molecular formula is C37H63NO28. The Labute approximate surface area is 374 Å². The van der Waals surface area contributed by atoms with Gasteiger partial charge < -0.3 is 145 Å². The first-order valence-electron chi connectivity index (χ1n) is 21.2. The molecule has 6 aliphatic rings. The average molecular weight is 970 g/mol. The van der Waals surface area contributed by atoms with Crippen LogP contribution in [-0.2, 0) is 42.6 Å². The number of aliphatic hydroxyl groups excluding tert-OH is 19.